The van der Waals surface area contributed by atoms with E-state index < -0.39 is 0 Å². The minimum atomic E-state index is 0.238. The van der Waals surface area contributed by atoms with Gasteiger partial charge in [0.2, 0.25) is 0 Å². The number of aryl methyl sites for hydroxylation is 1. The molecule has 3 nitrogen and oxygen atoms in total. The molecule has 0 bridgehead atoms. The average Bonchev–Trinajstić information content (AvgIpc) is 2.87. The van der Waals surface area contributed by atoms with Crippen LogP contribution in [0.5, 0.6) is 0 Å². The lowest BCUT2D eigenvalue weighted by Gasteiger charge is -2.13. The molecule has 2 heterocycles. The fourth-order valence-corrected chi connectivity index (χ4v) is 3.81. The molecule has 0 saturated heterocycles. The predicted octanol–water partition coefficient (Wildman–Crippen LogP) is 2.89. The van der Waals surface area contributed by atoms with Crippen molar-refractivity contribution in [1.82, 2.24) is 10.4 Å². The molecule has 2 aromatic rings. The summed E-state index contributed by atoms with van der Waals surface area (Å²) in [4.78, 5) is 5.79. The molecule has 0 amide bonds. The highest BCUT2D eigenvalue weighted by atomic mass is 79.9. The van der Waals surface area contributed by atoms with Crippen LogP contribution in [-0.4, -0.2) is 11.0 Å². The molecule has 2 rings (SSSR count). The molecule has 0 spiro atoms. The van der Waals surface area contributed by atoms with Crippen LogP contribution in [-0.2, 0) is 12.8 Å². The molecule has 0 radical (unpaired) electrons. The van der Waals surface area contributed by atoms with Gasteiger partial charge >= 0.3 is 0 Å². The first kappa shape index (κ1) is 13.2. The van der Waals surface area contributed by atoms with Gasteiger partial charge in [0.05, 0.1) is 10.7 Å². The van der Waals surface area contributed by atoms with Crippen LogP contribution in [0, 0.1) is 6.92 Å². The SMILES string of the molecule is Cc1nc(CC(Cc2cc(Br)cs2)NN)cs1. The first-order chi connectivity index (χ1) is 8.17. The molecule has 3 N–H and O–H groups in total. The molecule has 1 atom stereocenters. The van der Waals surface area contributed by atoms with E-state index >= 15 is 0 Å². The van der Waals surface area contributed by atoms with Crippen LogP contribution in [0.4, 0.5) is 0 Å². The van der Waals surface area contributed by atoms with Gasteiger partial charge in [-0.25, -0.2) is 4.98 Å². The fourth-order valence-electron chi connectivity index (χ4n) is 1.65. The van der Waals surface area contributed by atoms with Crippen LogP contribution >= 0.6 is 38.6 Å². The smallest absolute Gasteiger partial charge is 0.0897 e. The lowest BCUT2D eigenvalue weighted by molar-refractivity contribution is 0.521. The second-order valence-electron chi connectivity index (χ2n) is 3.86. The van der Waals surface area contributed by atoms with Crippen LogP contribution in [0.1, 0.15) is 15.6 Å². The quantitative estimate of drug-likeness (QED) is 0.654. The Morgan fingerprint density at radius 3 is 2.76 bits per heavy atom. The summed E-state index contributed by atoms with van der Waals surface area (Å²) in [6, 6.07) is 2.38. The van der Waals surface area contributed by atoms with Crippen molar-refractivity contribution in [3.8, 4) is 0 Å². The number of hydrazine groups is 1. The highest BCUT2D eigenvalue weighted by molar-refractivity contribution is 9.10. The molecular formula is C11H14BrN3S2. The van der Waals surface area contributed by atoms with E-state index in [-0.39, 0.29) is 6.04 Å². The zero-order valence-corrected chi connectivity index (χ0v) is 12.7. The van der Waals surface area contributed by atoms with Gasteiger partial charge in [0, 0.05) is 32.6 Å². The Labute approximate surface area is 117 Å². The van der Waals surface area contributed by atoms with Crippen LogP contribution in [0.3, 0.4) is 0 Å². The van der Waals surface area contributed by atoms with Crippen LogP contribution in [0.2, 0.25) is 0 Å². The molecule has 0 aromatic carbocycles. The first-order valence-electron chi connectivity index (χ1n) is 5.27. The molecule has 2 aromatic heterocycles. The monoisotopic (exact) mass is 331 g/mol. The van der Waals surface area contributed by atoms with Crippen LogP contribution in [0.25, 0.3) is 0 Å². The van der Waals surface area contributed by atoms with Gasteiger partial charge in [-0.1, -0.05) is 0 Å². The Balaban J connectivity index is 1.97. The molecule has 0 aliphatic carbocycles. The summed E-state index contributed by atoms with van der Waals surface area (Å²) in [5, 5.41) is 5.30. The van der Waals surface area contributed by atoms with Gasteiger partial charge in [-0.3, -0.25) is 11.3 Å². The first-order valence-corrected chi connectivity index (χ1v) is 7.82. The number of rotatable bonds is 5. The van der Waals surface area contributed by atoms with E-state index in [1.807, 2.05) is 6.92 Å². The topological polar surface area (TPSA) is 50.9 Å². The van der Waals surface area contributed by atoms with Crippen molar-refractivity contribution in [2.24, 2.45) is 5.84 Å². The molecule has 92 valence electrons. The Hall–Kier alpha value is -0.270. The lowest BCUT2D eigenvalue weighted by Crippen LogP contribution is -2.38. The van der Waals surface area contributed by atoms with E-state index in [1.54, 1.807) is 22.7 Å². The van der Waals surface area contributed by atoms with Gasteiger partial charge in [-0.15, -0.1) is 22.7 Å². The largest absolute Gasteiger partial charge is 0.271 e. The van der Waals surface area contributed by atoms with E-state index in [9.17, 15) is 0 Å². The summed E-state index contributed by atoms with van der Waals surface area (Å²) in [6.07, 6.45) is 1.81. The number of nitrogens with one attached hydrogen (secondary N) is 1. The normalized spacial score (nSPS) is 12.9. The summed E-state index contributed by atoms with van der Waals surface area (Å²) in [6.45, 7) is 2.02. The van der Waals surface area contributed by atoms with Gasteiger partial charge < -0.3 is 0 Å². The van der Waals surface area contributed by atoms with Crippen molar-refractivity contribution in [2.45, 2.75) is 25.8 Å². The van der Waals surface area contributed by atoms with Crippen molar-refractivity contribution < 1.29 is 0 Å². The lowest BCUT2D eigenvalue weighted by atomic mass is 10.1. The maximum absolute atomic E-state index is 5.60. The number of halogens is 1. The van der Waals surface area contributed by atoms with Crippen molar-refractivity contribution in [3.63, 3.8) is 0 Å². The number of hydrogen-bond donors (Lipinski definition) is 2. The van der Waals surface area contributed by atoms with Gasteiger partial charge in [0.25, 0.3) is 0 Å². The molecular weight excluding hydrogens is 318 g/mol. The molecule has 17 heavy (non-hydrogen) atoms. The van der Waals surface area contributed by atoms with E-state index in [4.69, 9.17) is 5.84 Å². The van der Waals surface area contributed by atoms with E-state index in [1.165, 1.54) is 4.88 Å². The van der Waals surface area contributed by atoms with E-state index in [0.717, 1.165) is 28.0 Å². The highest BCUT2D eigenvalue weighted by Crippen LogP contribution is 2.21. The maximum Gasteiger partial charge on any atom is 0.0897 e. The molecule has 0 aliphatic heterocycles. The number of hydrogen-bond acceptors (Lipinski definition) is 5. The van der Waals surface area contributed by atoms with E-state index in [2.05, 4.69) is 43.2 Å². The Morgan fingerprint density at radius 2 is 2.24 bits per heavy atom. The summed E-state index contributed by atoms with van der Waals surface area (Å²) < 4.78 is 1.14. The molecule has 1 unspecified atom stereocenters. The third kappa shape index (κ3) is 3.86. The summed E-state index contributed by atoms with van der Waals surface area (Å²) in [5.41, 5.74) is 3.99. The second-order valence-corrected chi connectivity index (χ2v) is 6.83. The van der Waals surface area contributed by atoms with Crippen molar-refractivity contribution in [3.05, 3.63) is 36.9 Å². The van der Waals surface area contributed by atoms with Crippen LogP contribution < -0.4 is 11.3 Å². The molecule has 0 aliphatic rings. The molecule has 0 saturated carbocycles. The number of thiazole rings is 1. The molecule has 6 heteroatoms. The number of aromatic nitrogens is 1. The number of nitrogens with two attached hydrogens (primary N) is 1. The van der Waals surface area contributed by atoms with Crippen molar-refractivity contribution in [2.75, 3.05) is 0 Å². The Kier molecular flexibility index (Phi) is 4.69. The van der Waals surface area contributed by atoms with Gasteiger partial charge in [0.1, 0.15) is 0 Å². The highest BCUT2D eigenvalue weighted by Gasteiger charge is 2.12. The third-order valence-electron chi connectivity index (χ3n) is 2.43. The molecule has 0 fully saturated rings. The van der Waals surface area contributed by atoms with Crippen molar-refractivity contribution in [1.29, 1.82) is 0 Å². The van der Waals surface area contributed by atoms with E-state index in [0.29, 0.717) is 0 Å². The Bertz CT molecular complexity index is 438. The zero-order chi connectivity index (χ0) is 12.3. The fraction of sp³-hybridized carbons (Fsp3) is 0.364. The van der Waals surface area contributed by atoms with Gasteiger partial charge in [-0.05, 0) is 35.3 Å². The summed E-state index contributed by atoms with van der Waals surface area (Å²) >= 11 is 6.89. The summed E-state index contributed by atoms with van der Waals surface area (Å²) in [7, 11) is 0. The van der Waals surface area contributed by atoms with Crippen LogP contribution in [0.15, 0.2) is 21.3 Å². The standard InChI is InChI=1S/C11H14BrN3S2/c1-7-14-10(6-16-7)3-9(15-13)4-11-2-8(12)5-17-11/h2,5-6,9,15H,3-4,13H2,1H3. The number of nitrogens with zero attached hydrogens (tertiary/aromatic N) is 1. The number of thiophene rings is 1. The Morgan fingerprint density at radius 1 is 1.41 bits per heavy atom. The van der Waals surface area contributed by atoms with Gasteiger partial charge in [0.15, 0.2) is 0 Å². The second kappa shape index (κ2) is 6.06. The van der Waals surface area contributed by atoms with Gasteiger partial charge in [-0.2, -0.15) is 0 Å². The predicted molar refractivity (Wildman–Crippen MR) is 77.4 cm³/mol. The van der Waals surface area contributed by atoms with Crippen molar-refractivity contribution >= 4 is 38.6 Å². The minimum Gasteiger partial charge on any atom is -0.271 e. The average molecular weight is 332 g/mol. The zero-order valence-electron chi connectivity index (χ0n) is 9.44. The minimum absolute atomic E-state index is 0.238. The third-order valence-corrected chi connectivity index (χ3v) is 4.97. The summed E-state index contributed by atoms with van der Waals surface area (Å²) in [5.74, 6) is 5.60. The maximum atomic E-state index is 5.60.